The predicted octanol–water partition coefficient (Wildman–Crippen LogP) is 2.26. The van der Waals surface area contributed by atoms with Crippen molar-refractivity contribution in [3.63, 3.8) is 0 Å². The molecule has 1 amide bonds. The summed E-state index contributed by atoms with van der Waals surface area (Å²) >= 11 is 0. The van der Waals surface area contributed by atoms with Gasteiger partial charge in [0.15, 0.2) is 0 Å². The molecular weight excluding hydrogens is 268 g/mol. The van der Waals surface area contributed by atoms with Crippen LogP contribution in [-0.4, -0.2) is 46.6 Å². The van der Waals surface area contributed by atoms with Crippen LogP contribution in [0.3, 0.4) is 0 Å². The molecule has 0 radical (unpaired) electrons. The maximum atomic E-state index is 12.1. The van der Waals surface area contributed by atoms with Crippen LogP contribution in [0, 0.1) is 5.92 Å². The molecule has 0 aromatic heterocycles. The zero-order chi connectivity index (χ0) is 16.0. The van der Waals surface area contributed by atoms with Gasteiger partial charge in [-0.2, -0.15) is 0 Å². The van der Waals surface area contributed by atoms with Gasteiger partial charge in [-0.3, -0.25) is 14.5 Å². The van der Waals surface area contributed by atoms with E-state index in [9.17, 15) is 14.7 Å². The summed E-state index contributed by atoms with van der Waals surface area (Å²) in [6, 6.07) is 0.142. The second kappa shape index (κ2) is 7.78. The van der Waals surface area contributed by atoms with Crippen molar-refractivity contribution < 1.29 is 14.7 Å². The molecular formula is C16H30N2O3. The second-order valence-corrected chi connectivity index (χ2v) is 6.66. The van der Waals surface area contributed by atoms with Gasteiger partial charge in [0.2, 0.25) is 5.91 Å². The fraction of sp³-hybridized carbons (Fsp3) is 0.875. The van der Waals surface area contributed by atoms with Gasteiger partial charge in [-0.05, 0) is 51.5 Å². The van der Waals surface area contributed by atoms with Gasteiger partial charge in [0.05, 0.1) is 6.54 Å². The molecule has 0 spiro atoms. The number of hydrogen-bond acceptors (Lipinski definition) is 3. The van der Waals surface area contributed by atoms with Gasteiger partial charge in [-0.1, -0.05) is 20.8 Å². The van der Waals surface area contributed by atoms with E-state index in [1.165, 1.54) is 0 Å². The van der Waals surface area contributed by atoms with Crippen LogP contribution in [0.2, 0.25) is 0 Å². The van der Waals surface area contributed by atoms with E-state index in [1.54, 1.807) is 0 Å². The van der Waals surface area contributed by atoms with E-state index in [0.29, 0.717) is 25.3 Å². The van der Waals surface area contributed by atoms with Gasteiger partial charge in [-0.15, -0.1) is 0 Å². The summed E-state index contributed by atoms with van der Waals surface area (Å²) in [5.74, 6) is -0.238. The molecule has 0 aromatic rings. The summed E-state index contributed by atoms with van der Waals surface area (Å²) in [7, 11) is 0. The Hall–Kier alpha value is -1.10. The SMILES string of the molecule is CCC1(C(=O)O)CCCN1CC(=O)NC(C)CCC(C)C. The van der Waals surface area contributed by atoms with Crippen LogP contribution in [0.5, 0.6) is 0 Å². The average molecular weight is 298 g/mol. The third kappa shape index (κ3) is 4.70. The highest BCUT2D eigenvalue weighted by molar-refractivity contribution is 5.82. The first-order chi connectivity index (χ1) is 9.81. The normalized spacial score (nSPS) is 24.2. The minimum atomic E-state index is -0.849. The number of amides is 1. The number of carbonyl (C=O) groups is 2. The molecule has 1 aliphatic rings. The molecule has 0 bridgehead atoms. The van der Waals surface area contributed by atoms with E-state index in [-0.39, 0.29) is 18.5 Å². The summed E-state index contributed by atoms with van der Waals surface area (Å²) in [5.41, 5.74) is -0.849. The Morgan fingerprint density at radius 1 is 1.29 bits per heavy atom. The largest absolute Gasteiger partial charge is 0.480 e. The lowest BCUT2D eigenvalue weighted by molar-refractivity contribution is -0.150. The number of carbonyl (C=O) groups excluding carboxylic acids is 1. The smallest absolute Gasteiger partial charge is 0.324 e. The van der Waals surface area contributed by atoms with Crippen molar-refractivity contribution in [1.82, 2.24) is 10.2 Å². The Kier molecular flexibility index (Phi) is 6.65. The minimum Gasteiger partial charge on any atom is -0.480 e. The highest BCUT2D eigenvalue weighted by atomic mass is 16.4. The quantitative estimate of drug-likeness (QED) is 0.721. The molecule has 1 fully saturated rings. The van der Waals surface area contributed by atoms with E-state index in [2.05, 4.69) is 19.2 Å². The summed E-state index contributed by atoms with van der Waals surface area (Å²) in [6.45, 7) is 9.10. The number of carboxylic acid groups (broad SMARTS) is 1. The van der Waals surface area contributed by atoms with E-state index < -0.39 is 11.5 Å². The Labute approximate surface area is 128 Å². The summed E-state index contributed by atoms with van der Waals surface area (Å²) < 4.78 is 0. The van der Waals surface area contributed by atoms with E-state index in [0.717, 1.165) is 19.3 Å². The molecule has 1 heterocycles. The van der Waals surface area contributed by atoms with Crippen molar-refractivity contribution >= 4 is 11.9 Å². The van der Waals surface area contributed by atoms with Gasteiger partial charge >= 0.3 is 5.97 Å². The number of nitrogens with zero attached hydrogens (tertiary/aromatic N) is 1. The minimum absolute atomic E-state index is 0.0627. The van der Waals surface area contributed by atoms with Crippen molar-refractivity contribution in [1.29, 1.82) is 0 Å². The first-order valence-corrected chi connectivity index (χ1v) is 8.09. The molecule has 2 unspecified atom stereocenters. The molecule has 0 aromatic carbocycles. The molecule has 1 aliphatic heterocycles. The Morgan fingerprint density at radius 2 is 1.95 bits per heavy atom. The third-order valence-corrected chi connectivity index (χ3v) is 4.53. The van der Waals surface area contributed by atoms with Crippen LogP contribution < -0.4 is 5.32 Å². The van der Waals surface area contributed by atoms with Crippen LogP contribution >= 0.6 is 0 Å². The fourth-order valence-corrected chi connectivity index (χ4v) is 3.11. The van der Waals surface area contributed by atoms with Crippen LogP contribution in [0.4, 0.5) is 0 Å². The number of likely N-dealkylation sites (tertiary alicyclic amines) is 1. The topological polar surface area (TPSA) is 69.6 Å². The van der Waals surface area contributed by atoms with Crippen molar-refractivity contribution in [2.24, 2.45) is 5.92 Å². The van der Waals surface area contributed by atoms with Crippen LogP contribution in [0.1, 0.15) is 59.8 Å². The Bertz CT molecular complexity index is 371. The third-order valence-electron chi connectivity index (χ3n) is 4.53. The van der Waals surface area contributed by atoms with Gasteiger partial charge in [0.1, 0.15) is 5.54 Å². The zero-order valence-corrected chi connectivity index (χ0v) is 13.8. The number of nitrogens with one attached hydrogen (secondary N) is 1. The van der Waals surface area contributed by atoms with E-state index >= 15 is 0 Å². The van der Waals surface area contributed by atoms with Crippen LogP contribution in [0.15, 0.2) is 0 Å². The maximum absolute atomic E-state index is 12.1. The van der Waals surface area contributed by atoms with Gasteiger partial charge in [0, 0.05) is 6.04 Å². The van der Waals surface area contributed by atoms with Crippen LogP contribution in [-0.2, 0) is 9.59 Å². The van der Waals surface area contributed by atoms with Crippen molar-refractivity contribution in [3.05, 3.63) is 0 Å². The van der Waals surface area contributed by atoms with E-state index in [1.807, 2.05) is 18.7 Å². The lowest BCUT2D eigenvalue weighted by Crippen LogP contribution is -2.53. The summed E-state index contributed by atoms with van der Waals surface area (Å²) in [6.07, 6.45) is 4.06. The second-order valence-electron chi connectivity index (χ2n) is 6.66. The predicted molar refractivity (Wildman–Crippen MR) is 83.1 cm³/mol. The lowest BCUT2D eigenvalue weighted by atomic mass is 9.93. The first-order valence-electron chi connectivity index (χ1n) is 8.09. The molecule has 5 nitrogen and oxygen atoms in total. The molecule has 122 valence electrons. The Balaban J connectivity index is 2.52. The number of carboxylic acids is 1. The highest BCUT2D eigenvalue weighted by Crippen LogP contribution is 2.32. The maximum Gasteiger partial charge on any atom is 0.324 e. The molecule has 21 heavy (non-hydrogen) atoms. The molecule has 2 N–H and O–H groups in total. The average Bonchev–Trinajstić information content (AvgIpc) is 2.80. The number of aliphatic carboxylic acids is 1. The monoisotopic (exact) mass is 298 g/mol. The van der Waals surface area contributed by atoms with Crippen LogP contribution in [0.25, 0.3) is 0 Å². The van der Waals surface area contributed by atoms with Gasteiger partial charge < -0.3 is 10.4 Å². The summed E-state index contributed by atoms with van der Waals surface area (Å²) in [4.78, 5) is 25.5. The highest BCUT2D eigenvalue weighted by Gasteiger charge is 2.46. The number of hydrogen-bond donors (Lipinski definition) is 2. The molecule has 2 atom stereocenters. The molecule has 1 rings (SSSR count). The van der Waals surface area contributed by atoms with Gasteiger partial charge in [-0.25, -0.2) is 0 Å². The molecule has 1 saturated heterocycles. The van der Waals surface area contributed by atoms with Gasteiger partial charge in [0.25, 0.3) is 0 Å². The molecule has 0 aliphatic carbocycles. The van der Waals surface area contributed by atoms with Crippen molar-refractivity contribution in [2.75, 3.05) is 13.1 Å². The molecule has 0 saturated carbocycles. The standard InChI is InChI=1S/C16H30N2O3/c1-5-16(15(20)21)9-6-10-18(16)11-14(19)17-13(4)8-7-12(2)3/h12-13H,5-11H2,1-4H3,(H,17,19)(H,20,21). The summed E-state index contributed by atoms with van der Waals surface area (Å²) in [5, 5.41) is 12.5. The first kappa shape index (κ1) is 18.0. The van der Waals surface area contributed by atoms with Crippen molar-refractivity contribution in [2.45, 2.75) is 71.4 Å². The molecule has 5 heteroatoms. The van der Waals surface area contributed by atoms with Crippen molar-refractivity contribution in [3.8, 4) is 0 Å². The Morgan fingerprint density at radius 3 is 2.48 bits per heavy atom. The number of rotatable bonds is 8. The van der Waals surface area contributed by atoms with E-state index in [4.69, 9.17) is 0 Å². The fourth-order valence-electron chi connectivity index (χ4n) is 3.11. The lowest BCUT2D eigenvalue weighted by Gasteiger charge is -2.33. The zero-order valence-electron chi connectivity index (χ0n) is 13.8.